The van der Waals surface area contributed by atoms with Gasteiger partial charge in [-0.05, 0) is 42.4 Å². The van der Waals surface area contributed by atoms with E-state index < -0.39 is 0 Å². The zero-order chi connectivity index (χ0) is 16.1. The number of hydrogen-bond donors (Lipinski definition) is 1. The molecule has 1 amide bonds. The van der Waals surface area contributed by atoms with Gasteiger partial charge in [-0.25, -0.2) is 0 Å². The van der Waals surface area contributed by atoms with E-state index in [1.165, 1.54) is 11.1 Å². The van der Waals surface area contributed by atoms with Crippen LogP contribution in [-0.2, 0) is 17.8 Å². The number of hydrogen-bond acceptors (Lipinski definition) is 2. The summed E-state index contributed by atoms with van der Waals surface area (Å²) in [5.41, 5.74) is 2.72. The Hall–Kier alpha value is -2.36. The number of fused-ring (bicyclic) bond motifs is 1. The molecule has 23 heavy (non-hydrogen) atoms. The number of pyridine rings is 1. The maximum Gasteiger partial charge on any atom is 0.250 e. The van der Waals surface area contributed by atoms with Gasteiger partial charge >= 0.3 is 0 Å². The summed E-state index contributed by atoms with van der Waals surface area (Å²) in [6, 6.07) is 13.5. The van der Waals surface area contributed by atoms with Gasteiger partial charge in [-0.15, -0.1) is 0 Å². The van der Waals surface area contributed by atoms with E-state index in [0.29, 0.717) is 25.4 Å². The molecular weight excluding hydrogens is 288 g/mol. The van der Waals surface area contributed by atoms with Crippen molar-refractivity contribution in [2.75, 3.05) is 6.54 Å². The van der Waals surface area contributed by atoms with Crippen LogP contribution in [0.3, 0.4) is 0 Å². The van der Waals surface area contributed by atoms with Crippen LogP contribution < -0.4 is 10.9 Å². The number of benzene rings is 1. The molecule has 0 fully saturated rings. The van der Waals surface area contributed by atoms with Gasteiger partial charge in [0, 0.05) is 31.8 Å². The van der Waals surface area contributed by atoms with Crippen LogP contribution in [0.2, 0.25) is 0 Å². The highest BCUT2D eigenvalue weighted by Crippen LogP contribution is 2.34. The third-order valence-corrected chi connectivity index (χ3v) is 4.49. The van der Waals surface area contributed by atoms with E-state index in [1.54, 1.807) is 22.9 Å². The first-order chi connectivity index (χ1) is 11.2. The summed E-state index contributed by atoms with van der Waals surface area (Å²) < 4.78 is 1.67. The fourth-order valence-corrected chi connectivity index (χ4v) is 3.28. The van der Waals surface area contributed by atoms with Crippen molar-refractivity contribution in [3.8, 4) is 0 Å². The van der Waals surface area contributed by atoms with E-state index in [4.69, 9.17) is 0 Å². The fraction of sp³-hybridized carbons (Fsp3) is 0.368. The Morgan fingerprint density at radius 1 is 1.17 bits per heavy atom. The van der Waals surface area contributed by atoms with Crippen molar-refractivity contribution in [2.45, 2.75) is 38.1 Å². The van der Waals surface area contributed by atoms with E-state index >= 15 is 0 Å². The molecule has 1 aromatic heterocycles. The molecule has 4 nitrogen and oxygen atoms in total. The van der Waals surface area contributed by atoms with Gasteiger partial charge in [0.15, 0.2) is 0 Å². The molecule has 1 aliphatic rings. The van der Waals surface area contributed by atoms with Crippen molar-refractivity contribution >= 4 is 5.91 Å². The number of rotatable bonds is 6. The van der Waals surface area contributed by atoms with Crippen LogP contribution in [0.1, 0.15) is 36.3 Å². The van der Waals surface area contributed by atoms with Gasteiger partial charge < -0.3 is 9.88 Å². The first-order valence-electron chi connectivity index (χ1n) is 8.24. The standard InChI is InChI=1S/C19H22N2O2/c22-18(14-16-10-9-15-6-1-2-7-17(15)16)20-11-5-13-21-12-4-3-8-19(21)23/h1-4,6-8,12,16H,5,9-11,13-14H2,(H,20,22)/t16-/m1/s1. The zero-order valence-electron chi connectivity index (χ0n) is 13.2. The molecule has 1 aliphatic carbocycles. The van der Waals surface area contributed by atoms with Crippen molar-refractivity contribution in [1.82, 2.24) is 9.88 Å². The largest absolute Gasteiger partial charge is 0.356 e. The monoisotopic (exact) mass is 310 g/mol. The van der Waals surface area contributed by atoms with Gasteiger partial charge in [-0.1, -0.05) is 30.3 Å². The van der Waals surface area contributed by atoms with E-state index in [0.717, 1.165) is 19.3 Å². The molecule has 0 spiro atoms. The third kappa shape index (κ3) is 3.89. The number of amides is 1. The number of carbonyl (C=O) groups excluding carboxylic acids is 1. The van der Waals surface area contributed by atoms with E-state index in [9.17, 15) is 9.59 Å². The molecule has 0 saturated heterocycles. The second-order valence-electron chi connectivity index (χ2n) is 6.07. The molecule has 120 valence electrons. The topological polar surface area (TPSA) is 51.1 Å². The van der Waals surface area contributed by atoms with Gasteiger partial charge in [0.05, 0.1) is 0 Å². The Bertz CT molecular complexity index is 736. The van der Waals surface area contributed by atoms with E-state index in [2.05, 4.69) is 23.5 Å². The van der Waals surface area contributed by atoms with E-state index in [-0.39, 0.29) is 11.5 Å². The predicted octanol–water partition coefficient (Wildman–Crippen LogP) is 2.47. The molecule has 0 saturated carbocycles. The van der Waals surface area contributed by atoms with Crippen molar-refractivity contribution in [1.29, 1.82) is 0 Å². The first kappa shape index (κ1) is 15.5. The number of aromatic nitrogens is 1. The minimum atomic E-state index is 0.00129. The SMILES string of the molecule is O=C(C[C@H]1CCc2ccccc21)NCCCn1ccccc1=O. The Kier molecular flexibility index (Phi) is 4.91. The molecule has 1 N–H and O–H groups in total. The molecule has 4 heteroatoms. The zero-order valence-corrected chi connectivity index (χ0v) is 13.2. The lowest BCUT2D eigenvalue weighted by Crippen LogP contribution is -2.27. The van der Waals surface area contributed by atoms with Crippen LogP contribution in [0.4, 0.5) is 0 Å². The molecule has 1 aromatic carbocycles. The van der Waals surface area contributed by atoms with Gasteiger partial charge in [-0.2, -0.15) is 0 Å². The molecule has 0 unspecified atom stereocenters. The number of nitrogens with one attached hydrogen (secondary N) is 1. The summed E-state index contributed by atoms with van der Waals surface area (Å²) in [5.74, 6) is 0.454. The summed E-state index contributed by atoms with van der Waals surface area (Å²) in [7, 11) is 0. The second-order valence-corrected chi connectivity index (χ2v) is 6.07. The quantitative estimate of drug-likeness (QED) is 0.833. The Morgan fingerprint density at radius 3 is 2.87 bits per heavy atom. The molecule has 1 atom stereocenters. The van der Waals surface area contributed by atoms with Gasteiger partial charge in [0.2, 0.25) is 11.5 Å². The normalized spacial score (nSPS) is 16.1. The second kappa shape index (κ2) is 7.27. The Labute approximate surface area is 136 Å². The van der Waals surface area contributed by atoms with E-state index in [1.807, 2.05) is 12.1 Å². The average Bonchev–Trinajstić information content (AvgIpc) is 2.96. The van der Waals surface area contributed by atoms with Crippen molar-refractivity contribution in [3.63, 3.8) is 0 Å². The Morgan fingerprint density at radius 2 is 2.00 bits per heavy atom. The summed E-state index contributed by atoms with van der Waals surface area (Å²) >= 11 is 0. The van der Waals surface area contributed by atoms with Crippen molar-refractivity contribution in [2.24, 2.45) is 0 Å². The minimum Gasteiger partial charge on any atom is -0.356 e. The number of nitrogens with zero attached hydrogens (tertiary/aromatic N) is 1. The lowest BCUT2D eigenvalue weighted by Gasteiger charge is -2.12. The third-order valence-electron chi connectivity index (χ3n) is 4.49. The number of carbonyl (C=O) groups is 1. The lowest BCUT2D eigenvalue weighted by atomic mass is 9.97. The Balaban J connectivity index is 1.42. The van der Waals surface area contributed by atoms with Gasteiger partial charge in [-0.3, -0.25) is 9.59 Å². The summed E-state index contributed by atoms with van der Waals surface area (Å²) in [6.07, 6.45) is 5.23. The van der Waals surface area contributed by atoms with Crippen LogP contribution in [0.25, 0.3) is 0 Å². The van der Waals surface area contributed by atoms with Crippen LogP contribution >= 0.6 is 0 Å². The van der Waals surface area contributed by atoms with Crippen LogP contribution in [0.5, 0.6) is 0 Å². The van der Waals surface area contributed by atoms with Crippen LogP contribution in [0.15, 0.2) is 53.5 Å². The summed E-state index contributed by atoms with van der Waals surface area (Å²) in [6.45, 7) is 1.24. The van der Waals surface area contributed by atoms with Crippen molar-refractivity contribution < 1.29 is 4.79 Å². The minimum absolute atomic E-state index is 0.00129. The maximum absolute atomic E-state index is 12.1. The molecule has 2 aromatic rings. The molecular formula is C19H22N2O2. The fourth-order valence-electron chi connectivity index (χ4n) is 3.28. The average molecular weight is 310 g/mol. The van der Waals surface area contributed by atoms with Gasteiger partial charge in [0.25, 0.3) is 0 Å². The highest BCUT2D eigenvalue weighted by molar-refractivity contribution is 5.77. The smallest absolute Gasteiger partial charge is 0.250 e. The maximum atomic E-state index is 12.1. The molecule has 0 aliphatic heterocycles. The number of aryl methyl sites for hydroxylation is 2. The molecule has 0 radical (unpaired) electrons. The molecule has 3 rings (SSSR count). The summed E-state index contributed by atoms with van der Waals surface area (Å²) in [5, 5.41) is 2.98. The first-order valence-corrected chi connectivity index (χ1v) is 8.24. The highest BCUT2D eigenvalue weighted by Gasteiger charge is 2.23. The molecule has 1 heterocycles. The molecule has 0 bridgehead atoms. The summed E-state index contributed by atoms with van der Waals surface area (Å²) in [4.78, 5) is 23.7. The van der Waals surface area contributed by atoms with Crippen molar-refractivity contribution in [3.05, 3.63) is 70.1 Å². The predicted molar refractivity (Wildman–Crippen MR) is 90.4 cm³/mol. The highest BCUT2D eigenvalue weighted by atomic mass is 16.1. The van der Waals surface area contributed by atoms with Crippen LogP contribution in [0, 0.1) is 0 Å². The lowest BCUT2D eigenvalue weighted by molar-refractivity contribution is -0.121. The van der Waals surface area contributed by atoms with Gasteiger partial charge in [0.1, 0.15) is 0 Å². The van der Waals surface area contributed by atoms with Crippen LogP contribution in [-0.4, -0.2) is 17.0 Å².